The molecule has 0 saturated heterocycles. The molecule has 0 aliphatic rings. The molecule has 0 unspecified atom stereocenters. The molecule has 10 heteroatoms. The van der Waals surface area contributed by atoms with E-state index in [0.29, 0.717) is 10.3 Å². The van der Waals surface area contributed by atoms with Gasteiger partial charge in [0.05, 0.1) is 11.9 Å². The van der Waals surface area contributed by atoms with Gasteiger partial charge in [0.25, 0.3) is 0 Å². The predicted molar refractivity (Wildman–Crippen MR) is 79.8 cm³/mol. The number of nitrogens with two attached hydrogens (primary N) is 1. The smallest absolute Gasteiger partial charge is 0.236 e. The van der Waals surface area contributed by atoms with Gasteiger partial charge in [0.15, 0.2) is 5.16 Å². The number of nitrogens with one attached hydrogen (secondary N) is 1. The van der Waals surface area contributed by atoms with Gasteiger partial charge in [-0.15, -0.1) is 10.2 Å². The van der Waals surface area contributed by atoms with Crippen molar-refractivity contribution in [1.82, 2.24) is 20.2 Å². The highest BCUT2D eigenvalue weighted by Crippen LogP contribution is 2.18. The number of carbonyl (C=O) groups excluding carboxylic acids is 1. The van der Waals surface area contributed by atoms with E-state index in [0.717, 1.165) is 23.2 Å². The normalized spacial score (nSPS) is 10.1. The summed E-state index contributed by atoms with van der Waals surface area (Å²) in [5.74, 6) is -0.00992. The summed E-state index contributed by atoms with van der Waals surface area (Å²) in [5.41, 5.74) is 5.79. The molecule has 0 bridgehead atoms. The molecule has 0 aliphatic heterocycles. The Labute approximate surface area is 128 Å². The highest BCUT2D eigenvalue weighted by molar-refractivity contribution is 7.99. The number of nitrogen functional groups attached to an aromatic ring is 1. The predicted octanol–water partition coefficient (Wildman–Crippen LogP) is 1.08. The number of nitriles is 1. The summed E-state index contributed by atoms with van der Waals surface area (Å²) in [6.45, 7) is 1.97. The quantitative estimate of drug-likeness (QED) is 0.617. The molecule has 2 rings (SSSR count). The first-order chi connectivity index (χ1) is 10.1. The minimum absolute atomic E-state index is 0.104. The maximum absolute atomic E-state index is 11.8. The molecule has 0 aromatic carbocycles. The number of aryl methyl sites for hydroxylation is 1. The zero-order valence-corrected chi connectivity index (χ0v) is 12.7. The van der Waals surface area contributed by atoms with Gasteiger partial charge in [-0.3, -0.25) is 10.1 Å². The Morgan fingerprint density at radius 3 is 3.00 bits per heavy atom. The topological polar surface area (TPSA) is 130 Å². The van der Waals surface area contributed by atoms with Crippen LogP contribution in [0.25, 0.3) is 0 Å². The minimum atomic E-state index is -0.231. The first-order valence-corrected chi connectivity index (χ1v) is 7.70. The van der Waals surface area contributed by atoms with E-state index in [9.17, 15) is 4.79 Å². The molecular weight excluding hydrogens is 310 g/mol. The van der Waals surface area contributed by atoms with Crippen molar-refractivity contribution in [2.24, 2.45) is 0 Å². The number of hydrogen-bond acceptors (Lipinski definition) is 9. The fraction of sp³-hybridized carbons (Fsp3) is 0.273. The van der Waals surface area contributed by atoms with Crippen LogP contribution in [0.3, 0.4) is 0 Å². The Morgan fingerprint density at radius 1 is 1.57 bits per heavy atom. The molecular formula is C11H11N7OS2. The van der Waals surface area contributed by atoms with E-state index < -0.39 is 0 Å². The second kappa shape index (κ2) is 6.96. The number of rotatable bonds is 5. The molecule has 2 aromatic heterocycles. The van der Waals surface area contributed by atoms with Crippen LogP contribution in [0.15, 0.2) is 11.4 Å². The minimum Gasteiger partial charge on any atom is -0.382 e. The van der Waals surface area contributed by atoms with Gasteiger partial charge in [-0.05, 0) is 6.42 Å². The van der Waals surface area contributed by atoms with Crippen molar-refractivity contribution in [1.29, 1.82) is 5.26 Å². The van der Waals surface area contributed by atoms with E-state index in [1.165, 1.54) is 17.5 Å². The van der Waals surface area contributed by atoms with Crippen LogP contribution < -0.4 is 11.1 Å². The van der Waals surface area contributed by atoms with E-state index in [1.807, 2.05) is 13.0 Å². The highest BCUT2D eigenvalue weighted by atomic mass is 32.2. The molecule has 0 saturated carbocycles. The Morgan fingerprint density at radius 2 is 2.38 bits per heavy atom. The van der Waals surface area contributed by atoms with E-state index in [4.69, 9.17) is 11.0 Å². The second-order valence-electron chi connectivity index (χ2n) is 3.75. The number of amides is 1. The van der Waals surface area contributed by atoms with Crippen molar-refractivity contribution >= 4 is 40.0 Å². The summed E-state index contributed by atoms with van der Waals surface area (Å²) in [5, 5.41) is 20.8. The zero-order valence-electron chi connectivity index (χ0n) is 11.0. The third-order valence-corrected chi connectivity index (χ3v) is 4.11. The lowest BCUT2D eigenvalue weighted by Gasteiger charge is -2.02. The molecule has 0 radical (unpaired) electrons. The lowest BCUT2D eigenvalue weighted by molar-refractivity contribution is -0.113. The van der Waals surface area contributed by atoms with Crippen LogP contribution in [-0.4, -0.2) is 31.8 Å². The fourth-order valence-corrected chi connectivity index (χ4v) is 2.58. The molecule has 108 valence electrons. The average Bonchev–Trinajstić information content (AvgIpc) is 2.93. The van der Waals surface area contributed by atoms with Gasteiger partial charge in [0.1, 0.15) is 22.5 Å². The third kappa shape index (κ3) is 4.11. The van der Waals surface area contributed by atoms with E-state index >= 15 is 0 Å². The molecule has 0 fully saturated rings. The Bertz CT molecular complexity index is 694. The van der Waals surface area contributed by atoms with Gasteiger partial charge in [-0.2, -0.15) is 5.26 Å². The molecule has 0 spiro atoms. The summed E-state index contributed by atoms with van der Waals surface area (Å²) >= 11 is 2.47. The molecule has 0 atom stereocenters. The van der Waals surface area contributed by atoms with Crippen molar-refractivity contribution in [2.45, 2.75) is 18.5 Å². The van der Waals surface area contributed by atoms with Crippen LogP contribution in [0.4, 0.5) is 10.9 Å². The maximum atomic E-state index is 11.8. The summed E-state index contributed by atoms with van der Waals surface area (Å²) in [6, 6.07) is 1.88. The largest absolute Gasteiger partial charge is 0.382 e. The number of carbonyl (C=O) groups is 1. The monoisotopic (exact) mass is 321 g/mol. The van der Waals surface area contributed by atoms with Crippen LogP contribution in [-0.2, 0) is 11.2 Å². The highest BCUT2D eigenvalue weighted by Gasteiger charge is 2.10. The number of aromatic nitrogens is 4. The Kier molecular flexibility index (Phi) is 5.02. The van der Waals surface area contributed by atoms with Crippen LogP contribution in [0.5, 0.6) is 0 Å². The van der Waals surface area contributed by atoms with Crippen LogP contribution >= 0.6 is 23.1 Å². The number of hydrogen-bond donors (Lipinski definition) is 2. The van der Waals surface area contributed by atoms with Crippen LogP contribution in [0, 0.1) is 11.3 Å². The van der Waals surface area contributed by atoms with Gasteiger partial charge in [-0.25, -0.2) is 9.97 Å². The summed E-state index contributed by atoms with van der Waals surface area (Å²) < 4.78 is 0. The SMILES string of the molecule is CCc1nnc(NC(=O)CSc2ncc(C#N)c(N)n2)s1. The second-order valence-corrected chi connectivity index (χ2v) is 5.76. The number of anilines is 2. The number of thioether (sulfide) groups is 1. The lowest BCUT2D eigenvalue weighted by Crippen LogP contribution is -2.14. The van der Waals surface area contributed by atoms with Gasteiger partial charge >= 0.3 is 0 Å². The van der Waals surface area contributed by atoms with Crippen LogP contribution in [0.1, 0.15) is 17.5 Å². The Hall–Kier alpha value is -2.25. The molecule has 0 aliphatic carbocycles. The van der Waals surface area contributed by atoms with E-state index in [1.54, 1.807) is 0 Å². The molecule has 3 N–H and O–H groups in total. The third-order valence-electron chi connectivity index (χ3n) is 2.26. The summed E-state index contributed by atoms with van der Waals surface area (Å²) in [7, 11) is 0. The van der Waals surface area contributed by atoms with Crippen LogP contribution in [0.2, 0.25) is 0 Å². The number of nitrogens with zero attached hydrogens (tertiary/aromatic N) is 5. The van der Waals surface area contributed by atoms with Crippen molar-refractivity contribution in [2.75, 3.05) is 16.8 Å². The van der Waals surface area contributed by atoms with Gasteiger partial charge in [0.2, 0.25) is 11.0 Å². The standard InChI is InChI=1S/C11H11N7OS2/c1-2-8-17-18-11(21-8)15-7(19)5-20-10-14-4-6(3-12)9(13)16-10/h4H,2,5H2,1H3,(H2,13,14,16)(H,15,18,19). The maximum Gasteiger partial charge on any atom is 0.236 e. The zero-order chi connectivity index (χ0) is 15.2. The van der Waals surface area contributed by atoms with Gasteiger partial charge < -0.3 is 5.73 Å². The first kappa shape index (κ1) is 15.1. The molecule has 21 heavy (non-hydrogen) atoms. The van der Waals surface area contributed by atoms with Gasteiger partial charge in [0, 0.05) is 0 Å². The van der Waals surface area contributed by atoms with E-state index in [2.05, 4.69) is 25.5 Å². The lowest BCUT2D eigenvalue weighted by atomic mass is 10.3. The molecule has 1 amide bonds. The molecule has 2 heterocycles. The van der Waals surface area contributed by atoms with Crippen molar-refractivity contribution in [3.8, 4) is 6.07 Å². The van der Waals surface area contributed by atoms with Crippen molar-refractivity contribution in [3.63, 3.8) is 0 Å². The Balaban J connectivity index is 1.89. The summed E-state index contributed by atoms with van der Waals surface area (Å²) in [6.07, 6.45) is 2.11. The molecule has 8 nitrogen and oxygen atoms in total. The fourth-order valence-electron chi connectivity index (χ4n) is 1.27. The molecule has 2 aromatic rings. The average molecular weight is 321 g/mol. The van der Waals surface area contributed by atoms with Crippen molar-refractivity contribution < 1.29 is 4.79 Å². The summed E-state index contributed by atoms with van der Waals surface area (Å²) in [4.78, 5) is 19.7. The first-order valence-electron chi connectivity index (χ1n) is 5.90. The van der Waals surface area contributed by atoms with Gasteiger partial charge in [-0.1, -0.05) is 30.0 Å². The van der Waals surface area contributed by atoms with E-state index in [-0.39, 0.29) is 23.0 Å². The van der Waals surface area contributed by atoms with Crippen molar-refractivity contribution in [3.05, 3.63) is 16.8 Å².